The first kappa shape index (κ1) is 15.9. The minimum absolute atomic E-state index is 0.101. The highest BCUT2D eigenvalue weighted by molar-refractivity contribution is 9.10. The molecule has 0 radical (unpaired) electrons. The molecular weight excluding hydrogens is 315 g/mol. The predicted octanol–water partition coefficient (Wildman–Crippen LogP) is 4.73. The number of hydrogen-bond acceptors (Lipinski definition) is 3. The van der Waals surface area contributed by atoms with E-state index in [0.29, 0.717) is 12.5 Å². The standard InChI is InChI=1S/C13H18BrFN2O2/c1-9(2)5-3-4-6-16-12-8-11(15)10(14)7-13(12)17(18)19/h7-9,16H,3-6H2,1-2H3. The second-order valence-electron chi connectivity index (χ2n) is 4.86. The third-order valence-electron chi connectivity index (χ3n) is 2.76. The van der Waals surface area contributed by atoms with Crippen LogP contribution in [0.15, 0.2) is 16.6 Å². The molecule has 106 valence electrons. The summed E-state index contributed by atoms with van der Waals surface area (Å²) in [6.07, 6.45) is 3.09. The van der Waals surface area contributed by atoms with Crippen molar-refractivity contribution in [3.63, 3.8) is 0 Å². The molecule has 4 nitrogen and oxygen atoms in total. The van der Waals surface area contributed by atoms with E-state index in [1.54, 1.807) is 0 Å². The molecule has 1 aromatic carbocycles. The second kappa shape index (κ2) is 7.43. The first-order valence-corrected chi connectivity index (χ1v) is 7.08. The van der Waals surface area contributed by atoms with Gasteiger partial charge in [0.1, 0.15) is 11.5 Å². The molecule has 0 saturated carbocycles. The lowest BCUT2D eigenvalue weighted by atomic mass is 10.1. The van der Waals surface area contributed by atoms with Gasteiger partial charge in [-0.25, -0.2) is 4.39 Å². The summed E-state index contributed by atoms with van der Waals surface area (Å²) >= 11 is 2.95. The van der Waals surface area contributed by atoms with Crippen LogP contribution in [0.5, 0.6) is 0 Å². The van der Waals surface area contributed by atoms with E-state index >= 15 is 0 Å². The van der Waals surface area contributed by atoms with Crippen LogP contribution in [0, 0.1) is 21.8 Å². The number of anilines is 1. The number of nitrogens with one attached hydrogen (secondary N) is 1. The Morgan fingerprint density at radius 3 is 2.68 bits per heavy atom. The fourth-order valence-corrected chi connectivity index (χ4v) is 2.06. The molecule has 0 spiro atoms. The first-order chi connectivity index (χ1) is 8.91. The van der Waals surface area contributed by atoms with Crippen molar-refractivity contribution in [2.45, 2.75) is 33.1 Å². The van der Waals surface area contributed by atoms with Crippen LogP contribution < -0.4 is 5.32 Å². The molecule has 0 saturated heterocycles. The molecule has 0 bridgehead atoms. The van der Waals surface area contributed by atoms with Gasteiger partial charge in [-0.15, -0.1) is 0 Å². The number of unbranched alkanes of at least 4 members (excludes halogenated alkanes) is 1. The summed E-state index contributed by atoms with van der Waals surface area (Å²) in [5, 5.41) is 13.8. The summed E-state index contributed by atoms with van der Waals surface area (Å²) in [5.41, 5.74) is 0.118. The number of nitrogens with zero attached hydrogens (tertiary/aromatic N) is 1. The van der Waals surface area contributed by atoms with Crippen LogP contribution in [-0.4, -0.2) is 11.5 Å². The number of rotatable bonds is 7. The summed E-state index contributed by atoms with van der Waals surface area (Å²) in [6, 6.07) is 2.34. The van der Waals surface area contributed by atoms with Crippen LogP contribution in [0.2, 0.25) is 0 Å². The minimum Gasteiger partial charge on any atom is -0.379 e. The lowest BCUT2D eigenvalue weighted by Gasteiger charge is -2.09. The van der Waals surface area contributed by atoms with Gasteiger partial charge in [-0.3, -0.25) is 10.1 Å². The van der Waals surface area contributed by atoms with Gasteiger partial charge in [0.15, 0.2) is 0 Å². The van der Waals surface area contributed by atoms with Gasteiger partial charge in [-0.2, -0.15) is 0 Å². The Morgan fingerprint density at radius 2 is 2.11 bits per heavy atom. The molecule has 0 unspecified atom stereocenters. The van der Waals surface area contributed by atoms with E-state index in [1.807, 2.05) is 0 Å². The minimum atomic E-state index is -0.513. The average Bonchev–Trinajstić information content (AvgIpc) is 2.32. The molecule has 0 amide bonds. The van der Waals surface area contributed by atoms with Crippen LogP contribution in [0.25, 0.3) is 0 Å². The average molecular weight is 333 g/mol. The molecule has 0 aliphatic heterocycles. The summed E-state index contributed by atoms with van der Waals surface area (Å²) in [6.45, 7) is 4.92. The SMILES string of the molecule is CC(C)CCCCNc1cc(F)c(Br)cc1[N+](=O)[O-]. The van der Waals surface area contributed by atoms with E-state index in [0.717, 1.165) is 25.3 Å². The van der Waals surface area contributed by atoms with Crippen LogP contribution in [0.4, 0.5) is 15.8 Å². The van der Waals surface area contributed by atoms with E-state index in [2.05, 4.69) is 35.1 Å². The third kappa shape index (κ3) is 5.14. The molecule has 0 aliphatic rings. The van der Waals surface area contributed by atoms with Crippen molar-refractivity contribution in [3.8, 4) is 0 Å². The van der Waals surface area contributed by atoms with Gasteiger partial charge in [0, 0.05) is 18.7 Å². The van der Waals surface area contributed by atoms with Crippen LogP contribution in [0.1, 0.15) is 33.1 Å². The Kier molecular flexibility index (Phi) is 6.21. The molecule has 1 aromatic rings. The fourth-order valence-electron chi connectivity index (χ4n) is 1.73. The normalized spacial score (nSPS) is 10.8. The van der Waals surface area contributed by atoms with Gasteiger partial charge < -0.3 is 5.32 Å². The maximum absolute atomic E-state index is 13.4. The van der Waals surface area contributed by atoms with Crippen molar-refractivity contribution >= 4 is 27.3 Å². The van der Waals surface area contributed by atoms with Gasteiger partial charge in [-0.1, -0.05) is 26.7 Å². The molecule has 0 atom stereocenters. The van der Waals surface area contributed by atoms with Crippen LogP contribution in [0.3, 0.4) is 0 Å². The quantitative estimate of drug-likeness (QED) is 0.446. The maximum Gasteiger partial charge on any atom is 0.293 e. The van der Waals surface area contributed by atoms with Crippen molar-refractivity contribution in [3.05, 3.63) is 32.5 Å². The zero-order valence-corrected chi connectivity index (χ0v) is 12.7. The van der Waals surface area contributed by atoms with Gasteiger partial charge >= 0.3 is 0 Å². The zero-order valence-electron chi connectivity index (χ0n) is 11.1. The van der Waals surface area contributed by atoms with E-state index in [1.165, 1.54) is 6.07 Å². The van der Waals surface area contributed by atoms with Crippen LogP contribution in [-0.2, 0) is 0 Å². The summed E-state index contributed by atoms with van der Waals surface area (Å²) in [4.78, 5) is 10.4. The predicted molar refractivity (Wildman–Crippen MR) is 77.9 cm³/mol. The molecular formula is C13H18BrFN2O2. The highest BCUT2D eigenvalue weighted by atomic mass is 79.9. The number of nitro benzene ring substituents is 1. The van der Waals surface area contributed by atoms with Gasteiger partial charge in [0.05, 0.1) is 9.40 Å². The van der Waals surface area contributed by atoms with E-state index in [-0.39, 0.29) is 15.8 Å². The maximum atomic E-state index is 13.4. The molecule has 0 heterocycles. The van der Waals surface area contributed by atoms with Crippen molar-refractivity contribution in [1.82, 2.24) is 0 Å². The summed E-state index contributed by atoms with van der Waals surface area (Å²) < 4.78 is 13.5. The Morgan fingerprint density at radius 1 is 1.42 bits per heavy atom. The molecule has 0 aromatic heterocycles. The summed E-state index contributed by atoms with van der Waals surface area (Å²) in [5.74, 6) is 0.148. The Balaban J connectivity index is 2.62. The van der Waals surface area contributed by atoms with Crippen molar-refractivity contribution < 1.29 is 9.31 Å². The van der Waals surface area contributed by atoms with E-state index in [4.69, 9.17) is 0 Å². The van der Waals surface area contributed by atoms with Gasteiger partial charge in [0.25, 0.3) is 5.69 Å². The topological polar surface area (TPSA) is 55.2 Å². The molecule has 1 rings (SSSR count). The number of benzene rings is 1. The number of hydrogen-bond donors (Lipinski definition) is 1. The number of halogens is 2. The molecule has 19 heavy (non-hydrogen) atoms. The molecule has 0 aliphatic carbocycles. The van der Waals surface area contributed by atoms with Crippen molar-refractivity contribution in [2.24, 2.45) is 5.92 Å². The molecule has 1 N–H and O–H groups in total. The Bertz CT molecular complexity index is 453. The highest BCUT2D eigenvalue weighted by Crippen LogP contribution is 2.30. The first-order valence-electron chi connectivity index (χ1n) is 6.29. The highest BCUT2D eigenvalue weighted by Gasteiger charge is 2.17. The smallest absolute Gasteiger partial charge is 0.293 e. The second-order valence-corrected chi connectivity index (χ2v) is 5.71. The van der Waals surface area contributed by atoms with Crippen molar-refractivity contribution in [2.75, 3.05) is 11.9 Å². The number of nitro groups is 1. The van der Waals surface area contributed by atoms with Gasteiger partial charge in [-0.05, 0) is 28.3 Å². The monoisotopic (exact) mass is 332 g/mol. The third-order valence-corrected chi connectivity index (χ3v) is 3.37. The van der Waals surface area contributed by atoms with E-state index < -0.39 is 10.7 Å². The van der Waals surface area contributed by atoms with Crippen molar-refractivity contribution in [1.29, 1.82) is 0 Å². The lowest BCUT2D eigenvalue weighted by Crippen LogP contribution is -2.05. The van der Waals surface area contributed by atoms with E-state index in [9.17, 15) is 14.5 Å². The summed E-state index contributed by atoms with van der Waals surface area (Å²) in [7, 11) is 0. The Labute approximate surface area is 120 Å². The zero-order chi connectivity index (χ0) is 14.4. The molecule has 6 heteroatoms. The fraction of sp³-hybridized carbons (Fsp3) is 0.538. The lowest BCUT2D eigenvalue weighted by molar-refractivity contribution is -0.384. The largest absolute Gasteiger partial charge is 0.379 e. The molecule has 0 fully saturated rings. The van der Waals surface area contributed by atoms with Gasteiger partial charge in [0.2, 0.25) is 0 Å². The van der Waals surface area contributed by atoms with Crippen LogP contribution >= 0.6 is 15.9 Å². The Hall–Kier alpha value is -1.17.